The Morgan fingerprint density at radius 2 is 0.810 bits per heavy atom. The largest absolute Gasteiger partial charge is 0.294 e. The van der Waals surface area contributed by atoms with Crippen LogP contribution in [0, 0.1) is 0 Å². The van der Waals surface area contributed by atoms with Crippen LogP contribution < -0.4 is 0 Å². The molecule has 1 aromatic heterocycles. The Labute approximate surface area is 121 Å². The summed E-state index contributed by atoms with van der Waals surface area (Å²) in [6.07, 6.45) is 0. The van der Waals surface area contributed by atoms with Gasteiger partial charge in [-0.3, -0.25) is 24.0 Å². The van der Waals surface area contributed by atoms with Crippen molar-refractivity contribution in [2.24, 2.45) is 0 Å². The molecule has 0 atom stereocenters. The average Bonchev–Trinajstić information content (AvgIpc) is 2.34. The van der Waals surface area contributed by atoms with Gasteiger partial charge in [-0.15, -0.1) is 0 Å². The Morgan fingerprint density at radius 3 is 1.00 bits per heavy atom. The number of carbonyl (C=O) groups excluding carboxylic acids is 5. The minimum absolute atomic E-state index is 0.204. The van der Waals surface area contributed by atoms with Crippen LogP contribution in [0.3, 0.4) is 0 Å². The van der Waals surface area contributed by atoms with Gasteiger partial charge in [0.1, 0.15) is 11.4 Å². The molecule has 110 valence electrons. The molecule has 0 bridgehead atoms. The first kappa shape index (κ1) is 16.6. The average molecular weight is 289 g/mol. The van der Waals surface area contributed by atoms with E-state index in [0.29, 0.717) is 0 Å². The highest BCUT2D eigenvalue weighted by Gasteiger charge is 2.29. The molecular formula is C15H15NO5. The van der Waals surface area contributed by atoms with Crippen molar-refractivity contribution in [3.05, 3.63) is 28.1 Å². The summed E-state index contributed by atoms with van der Waals surface area (Å²) in [7, 11) is 0. The highest BCUT2D eigenvalue weighted by molar-refractivity contribution is 6.20. The van der Waals surface area contributed by atoms with Crippen molar-refractivity contribution in [3.8, 4) is 0 Å². The van der Waals surface area contributed by atoms with E-state index >= 15 is 0 Å². The van der Waals surface area contributed by atoms with Gasteiger partial charge in [-0.1, -0.05) is 0 Å². The Kier molecular flexibility index (Phi) is 4.62. The van der Waals surface area contributed by atoms with Gasteiger partial charge in [0.2, 0.25) is 0 Å². The molecule has 1 rings (SSSR count). The lowest BCUT2D eigenvalue weighted by Crippen LogP contribution is -2.22. The number of hydrogen-bond donors (Lipinski definition) is 0. The zero-order chi connectivity index (χ0) is 16.5. The summed E-state index contributed by atoms with van der Waals surface area (Å²) in [5, 5.41) is 0. The zero-order valence-electron chi connectivity index (χ0n) is 12.5. The summed E-state index contributed by atoms with van der Waals surface area (Å²) in [6.45, 7) is 5.87. The number of hydrogen-bond acceptors (Lipinski definition) is 6. The van der Waals surface area contributed by atoms with Crippen molar-refractivity contribution in [1.82, 2.24) is 4.98 Å². The Balaban J connectivity index is 4.13. The molecule has 0 aliphatic heterocycles. The fourth-order valence-electron chi connectivity index (χ4n) is 2.13. The van der Waals surface area contributed by atoms with Gasteiger partial charge >= 0.3 is 0 Å². The predicted molar refractivity (Wildman–Crippen MR) is 74.3 cm³/mol. The second-order valence-electron chi connectivity index (χ2n) is 4.71. The lowest BCUT2D eigenvalue weighted by Gasteiger charge is -2.15. The summed E-state index contributed by atoms with van der Waals surface area (Å²) in [6, 6.07) is 0. The number of pyridine rings is 1. The van der Waals surface area contributed by atoms with Gasteiger partial charge in [0.15, 0.2) is 28.9 Å². The topological polar surface area (TPSA) is 98.2 Å². The number of aromatic nitrogens is 1. The van der Waals surface area contributed by atoms with E-state index in [1.807, 2.05) is 0 Å². The lowest BCUT2D eigenvalue weighted by atomic mass is 9.89. The highest BCUT2D eigenvalue weighted by Crippen LogP contribution is 2.24. The molecule has 0 radical (unpaired) electrons. The van der Waals surface area contributed by atoms with E-state index in [9.17, 15) is 24.0 Å². The quantitative estimate of drug-likeness (QED) is 0.770. The van der Waals surface area contributed by atoms with Crippen LogP contribution >= 0.6 is 0 Å². The zero-order valence-corrected chi connectivity index (χ0v) is 12.5. The predicted octanol–water partition coefficient (Wildman–Crippen LogP) is 2.09. The van der Waals surface area contributed by atoms with Crippen LogP contribution in [-0.2, 0) is 0 Å². The monoisotopic (exact) mass is 289 g/mol. The summed E-state index contributed by atoms with van der Waals surface area (Å²) in [5.41, 5.74) is -1.14. The Hall–Kier alpha value is -2.50. The summed E-state index contributed by atoms with van der Waals surface area (Å²) < 4.78 is 0. The number of rotatable bonds is 5. The third kappa shape index (κ3) is 2.99. The van der Waals surface area contributed by atoms with E-state index in [4.69, 9.17) is 0 Å². The van der Waals surface area contributed by atoms with Gasteiger partial charge in [-0.25, -0.2) is 4.98 Å². The second kappa shape index (κ2) is 5.87. The first-order chi connectivity index (χ1) is 9.59. The number of nitrogens with zero attached hydrogens (tertiary/aromatic N) is 1. The standard InChI is InChI=1S/C15H15NO5/c1-6(17)11-12(7(2)18)14(9(4)20)16-15(10(5)21)13(11)8(3)19/h1-5H3. The van der Waals surface area contributed by atoms with Crippen LogP contribution in [0.15, 0.2) is 0 Å². The van der Waals surface area contributed by atoms with Gasteiger partial charge in [0.25, 0.3) is 0 Å². The molecule has 0 saturated carbocycles. The maximum atomic E-state index is 11.9. The van der Waals surface area contributed by atoms with Crippen molar-refractivity contribution in [2.45, 2.75) is 34.6 Å². The SMILES string of the molecule is CC(=O)c1nc(C(C)=O)c(C(C)=O)c(C(C)=O)c1C(C)=O. The van der Waals surface area contributed by atoms with Crippen LogP contribution in [-0.4, -0.2) is 33.9 Å². The maximum Gasteiger partial charge on any atom is 0.178 e. The highest BCUT2D eigenvalue weighted by atomic mass is 16.1. The van der Waals surface area contributed by atoms with Crippen LogP contribution in [0.25, 0.3) is 0 Å². The van der Waals surface area contributed by atoms with Gasteiger partial charge in [-0.05, 0) is 20.8 Å². The number of ketones is 5. The molecule has 0 spiro atoms. The molecule has 1 heterocycles. The van der Waals surface area contributed by atoms with Crippen molar-refractivity contribution in [1.29, 1.82) is 0 Å². The first-order valence-corrected chi connectivity index (χ1v) is 6.22. The normalized spacial score (nSPS) is 10.1. The minimum atomic E-state index is -0.571. The lowest BCUT2D eigenvalue weighted by molar-refractivity contribution is 0.0946. The molecular weight excluding hydrogens is 274 g/mol. The molecule has 0 fully saturated rings. The Bertz CT molecular complexity index is 650. The van der Waals surface area contributed by atoms with Crippen LogP contribution in [0.1, 0.15) is 86.7 Å². The summed E-state index contributed by atoms with van der Waals surface area (Å²) >= 11 is 0. The van der Waals surface area contributed by atoms with Crippen molar-refractivity contribution >= 4 is 28.9 Å². The Morgan fingerprint density at radius 1 is 0.524 bits per heavy atom. The molecule has 0 aliphatic carbocycles. The van der Waals surface area contributed by atoms with Crippen molar-refractivity contribution < 1.29 is 24.0 Å². The van der Waals surface area contributed by atoms with Gasteiger partial charge in [-0.2, -0.15) is 0 Å². The summed E-state index contributed by atoms with van der Waals surface area (Å²) in [5.74, 6) is -2.80. The molecule has 1 aromatic rings. The fourth-order valence-corrected chi connectivity index (χ4v) is 2.13. The third-order valence-corrected chi connectivity index (χ3v) is 2.92. The number of carbonyl (C=O) groups is 5. The molecule has 21 heavy (non-hydrogen) atoms. The second-order valence-corrected chi connectivity index (χ2v) is 4.71. The smallest absolute Gasteiger partial charge is 0.178 e. The van der Waals surface area contributed by atoms with E-state index in [-0.39, 0.29) is 28.1 Å². The van der Waals surface area contributed by atoms with E-state index in [1.54, 1.807) is 0 Å². The molecule has 6 heteroatoms. The minimum Gasteiger partial charge on any atom is -0.294 e. The molecule has 6 nitrogen and oxygen atoms in total. The molecule has 0 saturated heterocycles. The molecule has 0 aliphatic rings. The molecule has 0 unspecified atom stereocenters. The van der Waals surface area contributed by atoms with E-state index in [0.717, 1.165) is 0 Å². The third-order valence-electron chi connectivity index (χ3n) is 2.92. The maximum absolute atomic E-state index is 11.9. The first-order valence-electron chi connectivity index (χ1n) is 6.22. The van der Waals surface area contributed by atoms with Crippen molar-refractivity contribution in [2.75, 3.05) is 0 Å². The number of Topliss-reactive ketones (excluding diaryl/α,β-unsaturated/α-hetero) is 5. The van der Waals surface area contributed by atoms with E-state index in [1.165, 1.54) is 34.6 Å². The van der Waals surface area contributed by atoms with E-state index in [2.05, 4.69) is 4.98 Å². The summed E-state index contributed by atoms with van der Waals surface area (Å²) in [4.78, 5) is 62.7. The molecule has 0 aromatic carbocycles. The van der Waals surface area contributed by atoms with Crippen LogP contribution in [0.2, 0.25) is 0 Å². The van der Waals surface area contributed by atoms with Crippen LogP contribution in [0.4, 0.5) is 0 Å². The van der Waals surface area contributed by atoms with Crippen molar-refractivity contribution in [3.63, 3.8) is 0 Å². The van der Waals surface area contributed by atoms with Crippen LogP contribution in [0.5, 0.6) is 0 Å². The van der Waals surface area contributed by atoms with E-state index < -0.39 is 28.9 Å². The molecule has 0 amide bonds. The van der Waals surface area contributed by atoms with Gasteiger partial charge in [0, 0.05) is 19.4 Å². The van der Waals surface area contributed by atoms with Gasteiger partial charge < -0.3 is 0 Å². The molecule has 0 N–H and O–H groups in total. The fraction of sp³-hybridized carbons (Fsp3) is 0.333. The van der Waals surface area contributed by atoms with Gasteiger partial charge in [0.05, 0.1) is 11.1 Å².